The van der Waals surface area contributed by atoms with E-state index in [1.165, 1.54) is 54.4 Å². The van der Waals surface area contributed by atoms with E-state index in [2.05, 4.69) is 36.5 Å². The van der Waals surface area contributed by atoms with Gasteiger partial charge in [-0.15, -0.1) is 0 Å². The molecule has 0 aliphatic heterocycles. The van der Waals surface area contributed by atoms with Gasteiger partial charge in [0.15, 0.2) is 0 Å². The summed E-state index contributed by atoms with van der Waals surface area (Å²) in [5.41, 5.74) is 4.88. The van der Waals surface area contributed by atoms with Crippen LogP contribution in [0.15, 0.2) is 48.5 Å². The quantitative estimate of drug-likeness (QED) is 0.230. The molecule has 0 atom stereocenters. The SMILES string of the molecule is CCCCCCCCOCCOCCOCCCNC(=O)OCC1c2ccccc2-c2ccccc21. The number of fused-ring (bicyclic) bond motifs is 3. The summed E-state index contributed by atoms with van der Waals surface area (Å²) in [6.45, 7) is 6.82. The standard InChI is InChI=1S/C30H43NO5/c1-2-3-4-5-6-11-18-33-20-22-35-23-21-34-19-12-17-31-30(32)36-24-29-27-15-9-7-13-25(27)26-14-8-10-16-28(26)29/h7-10,13-16,29H,2-6,11-12,17-24H2,1H3,(H,31,32). The zero-order valence-corrected chi connectivity index (χ0v) is 21.8. The third-order valence-corrected chi connectivity index (χ3v) is 6.46. The van der Waals surface area contributed by atoms with E-state index in [0.717, 1.165) is 19.4 Å². The minimum Gasteiger partial charge on any atom is -0.449 e. The molecule has 0 spiro atoms. The van der Waals surface area contributed by atoms with Crippen molar-refractivity contribution in [1.82, 2.24) is 5.32 Å². The molecule has 1 amide bonds. The first-order chi connectivity index (χ1) is 17.8. The Kier molecular flexibility index (Phi) is 13.4. The van der Waals surface area contributed by atoms with E-state index in [0.29, 0.717) is 46.2 Å². The van der Waals surface area contributed by atoms with E-state index in [1.807, 2.05) is 24.3 Å². The van der Waals surface area contributed by atoms with Gasteiger partial charge >= 0.3 is 6.09 Å². The van der Waals surface area contributed by atoms with Gasteiger partial charge in [-0.05, 0) is 35.1 Å². The second-order valence-electron chi connectivity index (χ2n) is 9.21. The van der Waals surface area contributed by atoms with Crippen molar-refractivity contribution in [3.8, 4) is 11.1 Å². The number of carbonyl (C=O) groups excluding carboxylic acids is 1. The van der Waals surface area contributed by atoms with Gasteiger partial charge in [-0.25, -0.2) is 4.79 Å². The van der Waals surface area contributed by atoms with Crippen LogP contribution in [-0.2, 0) is 18.9 Å². The number of nitrogens with one attached hydrogen (secondary N) is 1. The highest BCUT2D eigenvalue weighted by molar-refractivity contribution is 5.79. The van der Waals surface area contributed by atoms with Crippen molar-refractivity contribution in [1.29, 1.82) is 0 Å². The fourth-order valence-corrected chi connectivity index (χ4v) is 4.54. The van der Waals surface area contributed by atoms with E-state index < -0.39 is 0 Å². The third kappa shape index (κ3) is 9.57. The van der Waals surface area contributed by atoms with Crippen LogP contribution in [0.5, 0.6) is 0 Å². The molecule has 2 aromatic carbocycles. The van der Waals surface area contributed by atoms with Crippen LogP contribution in [0.25, 0.3) is 11.1 Å². The molecule has 1 N–H and O–H groups in total. The average molecular weight is 498 g/mol. The molecule has 0 radical (unpaired) electrons. The maximum Gasteiger partial charge on any atom is 0.407 e. The van der Waals surface area contributed by atoms with Crippen molar-refractivity contribution >= 4 is 6.09 Å². The average Bonchev–Trinajstić information content (AvgIpc) is 3.23. The number of amides is 1. The van der Waals surface area contributed by atoms with Gasteiger partial charge in [0.1, 0.15) is 6.61 Å². The normalized spacial score (nSPS) is 12.4. The number of alkyl carbamates (subject to hydrolysis) is 1. The van der Waals surface area contributed by atoms with E-state index in [4.69, 9.17) is 18.9 Å². The molecule has 1 aliphatic carbocycles. The van der Waals surface area contributed by atoms with E-state index in [1.54, 1.807) is 0 Å². The summed E-state index contributed by atoms with van der Waals surface area (Å²) < 4.78 is 22.2. The second kappa shape index (κ2) is 17.1. The van der Waals surface area contributed by atoms with Gasteiger partial charge in [0.05, 0.1) is 26.4 Å². The molecule has 0 bridgehead atoms. The highest BCUT2D eigenvalue weighted by Crippen LogP contribution is 2.44. The highest BCUT2D eigenvalue weighted by Gasteiger charge is 2.28. The lowest BCUT2D eigenvalue weighted by Gasteiger charge is -2.14. The Balaban J connectivity index is 1.14. The molecule has 1 aliphatic rings. The van der Waals surface area contributed by atoms with Crippen LogP contribution in [0.1, 0.15) is 68.9 Å². The smallest absolute Gasteiger partial charge is 0.407 e. The zero-order chi connectivity index (χ0) is 25.3. The van der Waals surface area contributed by atoms with E-state index in [9.17, 15) is 4.79 Å². The summed E-state index contributed by atoms with van der Waals surface area (Å²) in [5.74, 6) is 0.0763. The molecule has 198 valence electrons. The molecule has 0 aromatic heterocycles. The summed E-state index contributed by atoms with van der Waals surface area (Å²) in [6, 6.07) is 16.7. The fraction of sp³-hybridized carbons (Fsp3) is 0.567. The molecule has 36 heavy (non-hydrogen) atoms. The third-order valence-electron chi connectivity index (χ3n) is 6.46. The van der Waals surface area contributed by atoms with Gasteiger partial charge in [0.2, 0.25) is 0 Å². The number of hydrogen-bond donors (Lipinski definition) is 1. The molecule has 0 saturated heterocycles. The zero-order valence-electron chi connectivity index (χ0n) is 21.8. The number of hydrogen-bond acceptors (Lipinski definition) is 5. The summed E-state index contributed by atoms with van der Waals surface area (Å²) in [5, 5.41) is 2.82. The van der Waals surface area contributed by atoms with Crippen molar-refractivity contribution < 1.29 is 23.7 Å². The van der Waals surface area contributed by atoms with Crippen molar-refractivity contribution in [3.63, 3.8) is 0 Å². The Morgan fingerprint density at radius 1 is 0.694 bits per heavy atom. The maximum atomic E-state index is 12.2. The van der Waals surface area contributed by atoms with E-state index in [-0.39, 0.29) is 12.0 Å². The van der Waals surface area contributed by atoms with Crippen molar-refractivity contribution in [2.45, 2.75) is 57.8 Å². The summed E-state index contributed by atoms with van der Waals surface area (Å²) in [4.78, 5) is 12.2. The van der Waals surface area contributed by atoms with Crippen molar-refractivity contribution in [3.05, 3.63) is 59.7 Å². The van der Waals surface area contributed by atoms with Crippen LogP contribution in [0.2, 0.25) is 0 Å². The van der Waals surface area contributed by atoms with Crippen molar-refractivity contribution in [2.75, 3.05) is 52.8 Å². The van der Waals surface area contributed by atoms with E-state index >= 15 is 0 Å². The lowest BCUT2D eigenvalue weighted by Crippen LogP contribution is -2.27. The van der Waals surface area contributed by atoms with Crippen LogP contribution in [0.4, 0.5) is 4.79 Å². The Bertz CT molecular complexity index is 842. The Morgan fingerprint density at radius 3 is 1.86 bits per heavy atom. The molecular weight excluding hydrogens is 454 g/mol. The summed E-state index contributed by atoms with van der Waals surface area (Å²) >= 11 is 0. The number of rotatable bonds is 19. The number of benzene rings is 2. The minimum absolute atomic E-state index is 0.0763. The van der Waals surface area contributed by atoms with Gasteiger partial charge in [-0.2, -0.15) is 0 Å². The topological polar surface area (TPSA) is 66.0 Å². The number of carbonyl (C=O) groups is 1. The van der Waals surface area contributed by atoms with Gasteiger partial charge in [0, 0.05) is 25.7 Å². The molecule has 0 fully saturated rings. The number of unbranched alkanes of at least 4 members (excludes halogenated alkanes) is 5. The molecule has 0 unspecified atom stereocenters. The maximum absolute atomic E-state index is 12.2. The summed E-state index contributed by atoms with van der Waals surface area (Å²) in [6.07, 6.45) is 8.01. The van der Waals surface area contributed by atoms with Crippen LogP contribution >= 0.6 is 0 Å². The Hall–Kier alpha value is -2.41. The Labute approximate surface area is 216 Å². The second-order valence-corrected chi connectivity index (χ2v) is 9.21. The molecular formula is C30H43NO5. The first-order valence-corrected chi connectivity index (χ1v) is 13.6. The largest absolute Gasteiger partial charge is 0.449 e. The number of ether oxygens (including phenoxy) is 4. The predicted octanol–water partition coefficient (Wildman–Crippen LogP) is 6.33. The van der Waals surface area contributed by atoms with Crippen molar-refractivity contribution in [2.24, 2.45) is 0 Å². The predicted molar refractivity (Wildman–Crippen MR) is 144 cm³/mol. The first-order valence-electron chi connectivity index (χ1n) is 13.6. The monoisotopic (exact) mass is 497 g/mol. The minimum atomic E-state index is -0.388. The molecule has 6 nitrogen and oxygen atoms in total. The van der Waals surface area contributed by atoms with Crippen LogP contribution < -0.4 is 5.32 Å². The molecule has 2 aromatic rings. The molecule has 0 heterocycles. The lowest BCUT2D eigenvalue weighted by molar-refractivity contribution is 0.0135. The van der Waals surface area contributed by atoms with Gasteiger partial charge < -0.3 is 24.3 Å². The summed E-state index contributed by atoms with van der Waals surface area (Å²) in [7, 11) is 0. The van der Waals surface area contributed by atoms with Crippen LogP contribution in [0, 0.1) is 0 Å². The molecule has 6 heteroatoms. The lowest BCUT2D eigenvalue weighted by atomic mass is 9.98. The molecule has 3 rings (SSSR count). The first kappa shape index (κ1) is 28.2. The van der Waals surface area contributed by atoms with Gasteiger partial charge in [-0.3, -0.25) is 0 Å². The molecule has 0 saturated carbocycles. The van der Waals surface area contributed by atoms with Gasteiger partial charge in [-0.1, -0.05) is 87.6 Å². The van der Waals surface area contributed by atoms with Crippen LogP contribution in [-0.4, -0.2) is 58.9 Å². The highest BCUT2D eigenvalue weighted by atomic mass is 16.6. The van der Waals surface area contributed by atoms with Gasteiger partial charge in [0.25, 0.3) is 0 Å². The Morgan fingerprint density at radius 2 is 1.22 bits per heavy atom. The fourth-order valence-electron chi connectivity index (χ4n) is 4.54. The van der Waals surface area contributed by atoms with Crippen LogP contribution in [0.3, 0.4) is 0 Å².